The average Bonchev–Trinajstić information content (AvgIpc) is 2.86. The van der Waals surface area contributed by atoms with Gasteiger partial charge in [-0.2, -0.15) is 0 Å². The van der Waals surface area contributed by atoms with Gasteiger partial charge in [0.1, 0.15) is 28.3 Å². The van der Waals surface area contributed by atoms with Crippen LogP contribution in [0.4, 0.5) is 17.6 Å². The van der Waals surface area contributed by atoms with E-state index in [2.05, 4.69) is 31.2 Å². The summed E-state index contributed by atoms with van der Waals surface area (Å²) in [5, 5.41) is -0.574. The molecule has 0 saturated heterocycles. The van der Waals surface area contributed by atoms with Gasteiger partial charge in [-0.25, -0.2) is 17.6 Å². The first-order chi connectivity index (χ1) is 16.8. The summed E-state index contributed by atoms with van der Waals surface area (Å²) in [5.41, 5.74) is 3.69. The minimum Gasteiger partial charge on any atom is -0.207 e. The fourth-order valence-corrected chi connectivity index (χ4v) is 5.35. The first kappa shape index (κ1) is 25.8. The van der Waals surface area contributed by atoms with Gasteiger partial charge in [-0.05, 0) is 116 Å². The van der Waals surface area contributed by atoms with Crippen molar-refractivity contribution in [3.63, 3.8) is 0 Å². The molecule has 5 heteroatoms. The SMILES string of the molecule is CCc1ccc(C2CCC(CCc3cc(F)c(CCc4cc(F)c(Cl)c(F)c4)c(F)c3)CC2)cc1. The van der Waals surface area contributed by atoms with Crippen LogP contribution in [0.25, 0.3) is 0 Å². The van der Waals surface area contributed by atoms with Crippen LogP contribution in [0, 0.1) is 29.2 Å². The van der Waals surface area contributed by atoms with Crippen LogP contribution in [0.3, 0.4) is 0 Å². The third-order valence-corrected chi connectivity index (χ3v) is 7.82. The zero-order chi connectivity index (χ0) is 24.9. The lowest BCUT2D eigenvalue weighted by Gasteiger charge is -2.29. The molecule has 1 fully saturated rings. The Morgan fingerprint density at radius 3 is 1.80 bits per heavy atom. The first-order valence-electron chi connectivity index (χ1n) is 12.5. The van der Waals surface area contributed by atoms with Gasteiger partial charge < -0.3 is 0 Å². The van der Waals surface area contributed by atoms with E-state index >= 15 is 0 Å². The summed E-state index contributed by atoms with van der Waals surface area (Å²) in [7, 11) is 0. The third kappa shape index (κ3) is 6.46. The summed E-state index contributed by atoms with van der Waals surface area (Å²) in [4.78, 5) is 0. The number of aryl methyl sites for hydroxylation is 3. The van der Waals surface area contributed by atoms with E-state index in [0.717, 1.165) is 50.7 Å². The Kier molecular flexibility index (Phi) is 8.54. The minimum atomic E-state index is -0.874. The highest BCUT2D eigenvalue weighted by Gasteiger charge is 2.22. The Bertz CT molecular complexity index is 1100. The van der Waals surface area contributed by atoms with Crippen molar-refractivity contribution in [1.29, 1.82) is 0 Å². The number of halogens is 5. The Morgan fingerprint density at radius 1 is 0.686 bits per heavy atom. The molecule has 0 bridgehead atoms. The summed E-state index contributed by atoms with van der Waals surface area (Å²) in [6, 6.07) is 14.0. The van der Waals surface area contributed by atoms with Crippen molar-refractivity contribution in [2.45, 2.75) is 70.6 Å². The monoisotopic (exact) mass is 502 g/mol. The van der Waals surface area contributed by atoms with Crippen LogP contribution in [0.1, 0.15) is 72.8 Å². The number of hydrogen-bond donors (Lipinski definition) is 0. The molecule has 0 aromatic heterocycles. The first-order valence-corrected chi connectivity index (χ1v) is 12.9. The zero-order valence-corrected chi connectivity index (χ0v) is 20.8. The quantitative estimate of drug-likeness (QED) is 0.213. The van der Waals surface area contributed by atoms with Crippen LogP contribution < -0.4 is 0 Å². The van der Waals surface area contributed by atoms with Crippen LogP contribution in [0.2, 0.25) is 5.02 Å². The second-order valence-electron chi connectivity index (χ2n) is 9.76. The van der Waals surface area contributed by atoms with Gasteiger partial charge in [-0.15, -0.1) is 0 Å². The summed E-state index contributed by atoms with van der Waals surface area (Å²) < 4.78 is 56.6. The molecular formula is C30H31ClF4. The van der Waals surface area contributed by atoms with E-state index in [4.69, 9.17) is 11.6 Å². The lowest BCUT2D eigenvalue weighted by molar-refractivity contribution is 0.310. The maximum Gasteiger partial charge on any atom is 0.145 e. The van der Waals surface area contributed by atoms with Gasteiger partial charge >= 0.3 is 0 Å². The zero-order valence-electron chi connectivity index (χ0n) is 20.0. The molecule has 0 amide bonds. The third-order valence-electron chi connectivity index (χ3n) is 7.46. The summed E-state index contributed by atoms with van der Waals surface area (Å²) in [6.45, 7) is 2.16. The van der Waals surface area contributed by atoms with Crippen LogP contribution >= 0.6 is 11.6 Å². The molecule has 3 aromatic carbocycles. The molecule has 35 heavy (non-hydrogen) atoms. The smallest absolute Gasteiger partial charge is 0.145 e. The van der Waals surface area contributed by atoms with Crippen molar-refractivity contribution in [1.82, 2.24) is 0 Å². The fourth-order valence-electron chi connectivity index (χ4n) is 5.24. The molecule has 1 aliphatic rings. The molecule has 0 aliphatic heterocycles. The number of hydrogen-bond acceptors (Lipinski definition) is 0. The van der Waals surface area contributed by atoms with E-state index in [0.29, 0.717) is 29.4 Å². The van der Waals surface area contributed by atoms with E-state index in [-0.39, 0.29) is 18.4 Å². The topological polar surface area (TPSA) is 0 Å². The van der Waals surface area contributed by atoms with Crippen molar-refractivity contribution in [2.24, 2.45) is 5.92 Å². The molecule has 3 aromatic rings. The van der Waals surface area contributed by atoms with Crippen molar-refractivity contribution in [3.8, 4) is 0 Å². The van der Waals surface area contributed by atoms with Gasteiger partial charge in [0.05, 0.1) is 0 Å². The predicted molar refractivity (Wildman–Crippen MR) is 134 cm³/mol. The molecule has 0 spiro atoms. The Morgan fingerprint density at radius 2 is 1.23 bits per heavy atom. The Labute approximate surface area is 210 Å². The molecule has 0 N–H and O–H groups in total. The standard InChI is InChI=1S/C30H31ClF4/c1-2-19-5-10-23(11-6-19)24-12-7-20(8-13-24)3-4-21-15-26(32)25(27(33)16-21)14-9-22-17-28(34)30(31)29(35)18-22/h5-6,10-11,15-18,20,24H,2-4,7-9,12-14H2,1H3. The van der Waals surface area contributed by atoms with Gasteiger partial charge in [-0.3, -0.25) is 0 Å². The Balaban J connectivity index is 1.29. The molecule has 1 aliphatic carbocycles. The van der Waals surface area contributed by atoms with Crippen molar-refractivity contribution < 1.29 is 17.6 Å². The molecule has 186 valence electrons. The molecule has 0 heterocycles. The van der Waals surface area contributed by atoms with Crippen molar-refractivity contribution >= 4 is 11.6 Å². The molecule has 0 radical (unpaired) electrons. The summed E-state index contributed by atoms with van der Waals surface area (Å²) in [6.07, 6.45) is 7.33. The highest BCUT2D eigenvalue weighted by atomic mass is 35.5. The van der Waals surface area contributed by atoms with Gasteiger partial charge in [-0.1, -0.05) is 42.8 Å². The molecule has 4 rings (SSSR count). The molecule has 1 saturated carbocycles. The van der Waals surface area contributed by atoms with E-state index in [1.807, 2.05) is 0 Å². The van der Waals surface area contributed by atoms with E-state index in [1.165, 1.54) is 23.3 Å². The lowest BCUT2D eigenvalue weighted by Crippen LogP contribution is -2.14. The van der Waals surface area contributed by atoms with Gasteiger partial charge in [0.2, 0.25) is 0 Å². The van der Waals surface area contributed by atoms with Gasteiger partial charge in [0.15, 0.2) is 0 Å². The number of benzene rings is 3. The summed E-state index contributed by atoms with van der Waals surface area (Å²) in [5.74, 6) is -1.78. The van der Waals surface area contributed by atoms with Crippen LogP contribution in [0.5, 0.6) is 0 Å². The second-order valence-corrected chi connectivity index (χ2v) is 10.1. The second kappa shape index (κ2) is 11.6. The largest absolute Gasteiger partial charge is 0.207 e. The number of rotatable bonds is 8. The van der Waals surface area contributed by atoms with Gasteiger partial charge in [0, 0.05) is 5.56 Å². The summed E-state index contributed by atoms with van der Waals surface area (Å²) >= 11 is 5.50. The molecular weight excluding hydrogens is 472 g/mol. The van der Waals surface area contributed by atoms with Crippen molar-refractivity contribution in [2.75, 3.05) is 0 Å². The molecule has 0 unspecified atom stereocenters. The van der Waals surface area contributed by atoms with Gasteiger partial charge in [0.25, 0.3) is 0 Å². The minimum absolute atomic E-state index is 0.0156. The molecule has 0 atom stereocenters. The maximum absolute atomic E-state index is 14.7. The average molecular weight is 503 g/mol. The fraction of sp³-hybridized carbons (Fsp3) is 0.400. The molecule has 0 nitrogen and oxygen atoms in total. The van der Waals surface area contributed by atoms with E-state index < -0.39 is 28.3 Å². The van der Waals surface area contributed by atoms with Crippen LogP contribution in [-0.4, -0.2) is 0 Å². The van der Waals surface area contributed by atoms with E-state index in [9.17, 15) is 17.6 Å². The van der Waals surface area contributed by atoms with Crippen molar-refractivity contribution in [3.05, 3.63) is 105 Å². The lowest BCUT2D eigenvalue weighted by atomic mass is 9.77. The normalized spacial score (nSPS) is 18.1. The van der Waals surface area contributed by atoms with E-state index in [1.54, 1.807) is 0 Å². The Hall–Kier alpha value is -2.33. The van der Waals surface area contributed by atoms with Crippen LogP contribution in [-0.2, 0) is 25.7 Å². The van der Waals surface area contributed by atoms with Crippen LogP contribution in [0.15, 0.2) is 48.5 Å². The predicted octanol–water partition coefficient (Wildman–Crippen LogP) is 9.15. The highest BCUT2D eigenvalue weighted by molar-refractivity contribution is 6.30. The maximum atomic E-state index is 14.7. The highest BCUT2D eigenvalue weighted by Crippen LogP contribution is 2.37.